The third-order valence-corrected chi connectivity index (χ3v) is 5.86. The zero-order chi connectivity index (χ0) is 19.4. The van der Waals surface area contributed by atoms with E-state index in [4.69, 9.17) is 0 Å². The first-order valence-corrected chi connectivity index (χ1v) is 10.3. The minimum atomic E-state index is -0.182. The van der Waals surface area contributed by atoms with Gasteiger partial charge in [0, 0.05) is 18.5 Å². The Labute approximate surface area is 185 Å². The number of rotatable bonds is 4. The maximum absolute atomic E-state index is 12.6. The summed E-state index contributed by atoms with van der Waals surface area (Å²) in [5.41, 5.74) is 3.44. The number of benzene rings is 3. The monoisotopic (exact) mass is 582 g/mol. The average Bonchev–Trinajstić information content (AvgIpc) is 2.65. The first-order valence-electron chi connectivity index (χ1n) is 8.18. The molecular formula is C21H16I2N2O2. The highest BCUT2D eigenvalue weighted by Crippen LogP contribution is 2.23. The van der Waals surface area contributed by atoms with E-state index >= 15 is 0 Å². The van der Waals surface area contributed by atoms with E-state index in [9.17, 15) is 9.59 Å². The van der Waals surface area contributed by atoms with E-state index in [1.54, 1.807) is 18.2 Å². The Morgan fingerprint density at radius 3 is 1.81 bits per heavy atom. The van der Waals surface area contributed by atoms with Crippen LogP contribution in [0.5, 0.6) is 0 Å². The van der Waals surface area contributed by atoms with E-state index in [0.717, 1.165) is 12.7 Å². The largest absolute Gasteiger partial charge is 0.322 e. The first kappa shape index (κ1) is 19.8. The first-order chi connectivity index (χ1) is 13.0. The predicted molar refractivity (Wildman–Crippen MR) is 125 cm³/mol. The summed E-state index contributed by atoms with van der Waals surface area (Å²) in [5.74, 6) is -0.358. The van der Waals surface area contributed by atoms with E-state index in [1.807, 2.05) is 55.5 Å². The molecule has 0 aliphatic rings. The van der Waals surface area contributed by atoms with Crippen molar-refractivity contribution in [1.82, 2.24) is 0 Å². The molecule has 6 heteroatoms. The van der Waals surface area contributed by atoms with Crippen molar-refractivity contribution >= 4 is 68.4 Å². The third kappa shape index (κ3) is 4.86. The van der Waals surface area contributed by atoms with Crippen LogP contribution in [-0.4, -0.2) is 11.8 Å². The molecule has 3 aromatic rings. The molecule has 0 bridgehead atoms. The van der Waals surface area contributed by atoms with Crippen LogP contribution in [0.2, 0.25) is 0 Å². The second kappa shape index (κ2) is 8.83. The summed E-state index contributed by atoms with van der Waals surface area (Å²) in [6.45, 7) is 1.91. The van der Waals surface area contributed by atoms with Gasteiger partial charge in [-0.05, 0) is 94.1 Å². The number of carbonyl (C=O) groups is 2. The Morgan fingerprint density at radius 1 is 0.741 bits per heavy atom. The standard InChI is InChI=1S/C21H16I2N2O2/c1-13-10-11-14(24-20(26)15-6-2-4-8-17(15)22)12-19(13)25-21(27)16-7-3-5-9-18(16)23/h2-12H,1H3,(H,24,26)(H,25,27). The van der Waals surface area contributed by atoms with Crippen LogP contribution in [0.3, 0.4) is 0 Å². The predicted octanol–water partition coefficient (Wildman–Crippen LogP) is 5.71. The number of hydrogen-bond donors (Lipinski definition) is 2. The molecular weight excluding hydrogens is 566 g/mol. The van der Waals surface area contributed by atoms with Gasteiger partial charge < -0.3 is 10.6 Å². The van der Waals surface area contributed by atoms with Crippen molar-refractivity contribution in [2.24, 2.45) is 0 Å². The normalized spacial score (nSPS) is 10.3. The van der Waals surface area contributed by atoms with Gasteiger partial charge in [0.15, 0.2) is 0 Å². The second-order valence-corrected chi connectivity index (χ2v) is 8.22. The molecule has 0 aliphatic heterocycles. The highest BCUT2D eigenvalue weighted by atomic mass is 127. The lowest BCUT2D eigenvalue weighted by molar-refractivity contribution is 0.101. The van der Waals surface area contributed by atoms with Crippen LogP contribution in [-0.2, 0) is 0 Å². The minimum absolute atomic E-state index is 0.177. The zero-order valence-corrected chi connectivity index (χ0v) is 18.7. The quantitative estimate of drug-likeness (QED) is 0.388. The molecule has 4 nitrogen and oxygen atoms in total. The molecule has 136 valence electrons. The van der Waals surface area contributed by atoms with Gasteiger partial charge in [-0.3, -0.25) is 9.59 Å². The maximum Gasteiger partial charge on any atom is 0.256 e. The van der Waals surface area contributed by atoms with Gasteiger partial charge in [-0.1, -0.05) is 30.3 Å². The fourth-order valence-electron chi connectivity index (χ4n) is 2.51. The Morgan fingerprint density at radius 2 is 1.26 bits per heavy atom. The molecule has 0 spiro atoms. The Hall–Kier alpha value is -1.94. The van der Waals surface area contributed by atoms with E-state index < -0.39 is 0 Å². The molecule has 0 aliphatic carbocycles. The van der Waals surface area contributed by atoms with E-state index in [1.165, 1.54) is 0 Å². The van der Waals surface area contributed by atoms with Crippen LogP contribution in [0.25, 0.3) is 0 Å². The smallest absolute Gasteiger partial charge is 0.256 e. The van der Waals surface area contributed by atoms with Crippen molar-refractivity contribution in [3.63, 3.8) is 0 Å². The minimum Gasteiger partial charge on any atom is -0.322 e. The second-order valence-electron chi connectivity index (χ2n) is 5.90. The van der Waals surface area contributed by atoms with Crippen molar-refractivity contribution in [2.75, 3.05) is 10.6 Å². The van der Waals surface area contributed by atoms with Crippen molar-refractivity contribution < 1.29 is 9.59 Å². The molecule has 0 aromatic heterocycles. The molecule has 0 saturated carbocycles. The van der Waals surface area contributed by atoms with E-state index in [2.05, 4.69) is 55.8 Å². The Balaban J connectivity index is 1.80. The number of halogens is 2. The van der Waals surface area contributed by atoms with Crippen molar-refractivity contribution in [3.8, 4) is 0 Å². The number of aryl methyl sites for hydroxylation is 1. The number of anilines is 2. The number of carbonyl (C=O) groups excluding carboxylic acids is 2. The lowest BCUT2D eigenvalue weighted by atomic mass is 10.1. The molecule has 0 saturated heterocycles. The summed E-state index contributed by atoms with van der Waals surface area (Å²) >= 11 is 4.28. The number of nitrogens with one attached hydrogen (secondary N) is 2. The summed E-state index contributed by atoms with van der Waals surface area (Å²) in [7, 11) is 0. The highest BCUT2D eigenvalue weighted by Gasteiger charge is 2.13. The number of amides is 2. The molecule has 2 N–H and O–H groups in total. The van der Waals surface area contributed by atoms with Crippen LogP contribution >= 0.6 is 45.2 Å². The topological polar surface area (TPSA) is 58.2 Å². The van der Waals surface area contributed by atoms with E-state index in [0.29, 0.717) is 22.5 Å². The fourth-order valence-corrected chi connectivity index (χ4v) is 3.78. The van der Waals surface area contributed by atoms with Gasteiger partial charge in [-0.2, -0.15) is 0 Å². The fraction of sp³-hybridized carbons (Fsp3) is 0.0476. The molecule has 0 unspecified atom stereocenters. The molecule has 3 rings (SSSR count). The summed E-state index contributed by atoms with van der Waals surface area (Å²) in [6.07, 6.45) is 0. The van der Waals surface area contributed by atoms with Gasteiger partial charge in [0.2, 0.25) is 0 Å². The van der Waals surface area contributed by atoms with Crippen LogP contribution in [0, 0.1) is 14.1 Å². The zero-order valence-electron chi connectivity index (χ0n) is 14.4. The van der Waals surface area contributed by atoms with Crippen LogP contribution < -0.4 is 10.6 Å². The summed E-state index contributed by atoms with van der Waals surface area (Å²) < 4.78 is 1.76. The third-order valence-electron chi connectivity index (χ3n) is 3.98. The van der Waals surface area contributed by atoms with Gasteiger partial charge >= 0.3 is 0 Å². The Bertz CT molecular complexity index is 1020. The van der Waals surface area contributed by atoms with Crippen LogP contribution in [0.4, 0.5) is 11.4 Å². The van der Waals surface area contributed by atoms with Crippen LogP contribution in [0.1, 0.15) is 26.3 Å². The van der Waals surface area contributed by atoms with Gasteiger partial charge in [0.1, 0.15) is 0 Å². The maximum atomic E-state index is 12.6. The molecule has 3 aromatic carbocycles. The van der Waals surface area contributed by atoms with E-state index in [-0.39, 0.29) is 11.8 Å². The molecule has 2 amide bonds. The number of hydrogen-bond acceptors (Lipinski definition) is 2. The van der Waals surface area contributed by atoms with Crippen molar-refractivity contribution in [1.29, 1.82) is 0 Å². The van der Waals surface area contributed by atoms with Crippen molar-refractivity contribution in [2.45, 2.75) is 6.92 Å². The Kier molecular flexibility index (Phi) is 6.48. The molecule has 0 heterocycles. The van der Waals surface area contributed by atoms with Crippen LogP contribution in [0.15, 0.2) is 66.7 Å². The molecule has 27 heavy (non-hydrogen) atoms. The van der Waals surface area contributed by atoms with Gasteiger partial charge in [0.25, 0.3) is 11.8 Å². The molecule has 0 fully saturated rings. The summed E-state index contributed by atoms with van der Waals surface area (Å²) in [5, 5.41) is 5.83. The van der Waals surface area contributed by atoms with Gasteiger partial charge in [0.05, 0.1) is 11.1 Å². The SMILES string of the molecule is Cc1ccc(NC(=O)c2ccccc2I)cc1NC(=O)c1ccccc1I. The summed E-state index contributed by atoms with van der Waals surface area (Å²) in [6, 6.07) is 20.3. The molecule has 0 radical (unpaired) electrons. The van der Waals surface area contributed by atoms with Gasteiger partial charge in [-0.15, -0.1) is 0 Å². The van der Waals surface area contributed by atoms with Gasteiger partial charge in [-0.25, -0.2) is 0 Å². The summed E-state index contributed by atoms with van der Waals surface area (Å²) in [4.78, 5) is 25.1. The van der Waals surface area contributed by atoms with Crippen molar-refractivity contribution in [3.05, 3.63) is 90.6 Å². The molecule has 0 atom stereocenters. The highest BCUT2D eigenvalue weighted by molar-refractivity contribution is 14.1. The average molecular weight is 582 g/mol. The lowest BCUT2D eigenvalue weighted by Gasteiger charge is -2.13. The lowest BCUT2D eigenvalue weighted by Crippen LogP contribution is -2.16.